The van der Waals surface area contributed by atoms with E-state index in [1.165, 1.54) is 11.8 Å². The molecule has 0 aliphatic carbocycles. The topological polar surface area (TPSA) is 116 Å². The van der Waals surface area contributed by atoms with Gasteiger partial charge in [0.05, 0.1) is 17.0 Å². The number of allylic oxidation sites excluding steroid dienone is 1. The van der Waals surface area contributed by atoms with E-state index in [9.17, 15) is 9.59 Å². The van der Waals surface area contributed by atoms with E-state index in [1.54, 1.807) is 47.0 Å². The highest BCUT2D eigenvalue weighted by molar-refractivity contribution is 9.10. The smallest absolute Gasteiger partial charge is 0.250 e. The molecule has 3 N–H and O–H groups in total. The number of rotatable bonds is 8. The Morgan fingerprint density at radius 2 is 2.07 bits per heavy atom. The van der Waals surface area contributed by atoms with Crippen molar-refractivity contribution in [3.63, 3.8) is 0 Å². The van der Waals surface area contributed by atoms with Gasteiger partial charge in [-0.05, 0) is 40.2 Å². The SMILES string of the molecule is C=CCn1c(SCC(=O)Nc2ccccc2C(N)=O)nnc1-c1ccc(Br)o1. The zero-order valence-electron chi connectivity index (χ0n) is 14.6. The highest BCUT2D eigenvalue weighted by Gasteiger charge is 2.18. The summed E-state index contributed by atoms with van der Waals surface area (Å²) in [5.74, 6) is 0.252. The number of nitrogens with zero attached hydrogens (tertiary/aromatic N) is 3. The number of amides is 2. The molecule has 3 rings (SSSR count). The van der Waals surface area contributed by atoms with Gasteiger partial charge in [-0.1, -0.05) is 30.0 Å². The number of furan rings is 1. The van der Waals surface area contributed by atoms with E-state index in [2.05, 4.69) is 38.0 Å². The van der Waals surface area contributed by atoms with Gasteiger partial charge in [-0.25, -0.2) is 0 Å². The van der Waals surface area contributed by atoms with Gasteiger partial charge in [-0.3, -0.25) is 14.2 Å². The van der Waals surface area contributed by atoms with Gasteiger partial charge < -0.3 is 15.5 Å². The van der Waals surface area contributed by atoms with Gasteiger partial charge in [-0.2, -0.15) is 0 Å². The van der Waals surface area contributed by atoms with E-state index < -0.39 is 5.91 Å². The molecule has 0 atom stereocenters. The maximum absolute atomic E-state index is 12.3. The van der Waals surface area contributed by atoms with Gasteiger partial charge in [-0.15, -0.1) is 16.8 Å². The van der Waals surface area contributed by atoms with Crippen LogP contribution in [0.5, 0.6) is 0 Å². The molecule has 1 aromatic carbocycles. The second kappa shape index (κ2) is 8.89. The van der Waals surface area contributed by atoms with Crippen molar-refractivity contribution in [2.45, 2.75) is 11.7 Å². The zero-order chi connectivity index (χ0) is 20.1. The van der Waals surface area contributed by atoms with Gasteiger partial charge in [0, 0.05) is 6.54 Å². The van der Waals surface area contributed by atoms with Gasteiger partial charge in [0.2, 0.25) is 11.7 Å². The predicted octanol–water partition coefficient (Wildman–Crippen LogP) is 3.32. The Morgan fingerprint density at radius 1 is 1.29 bits per heavy atom. The summed E-state index contributed by atoms with van der Waals surface area (Å²) >= 11 is 4.47. The number of hydrogen-bond donors (Lipinski definition) is 2. The van der Waals surface area contributed by atoms with Crippen LogP contribution in [0.3, 0.4) is 0 Å². The number of nitrogens with two attached hydrogens (primary N) is 1. The lowest BCUT2D eigenvalue weighted by Gasteiger charge is -2.09. The minimum atomic E-state index is -0.608. The van der Waals surface area contributed by atoms with Crippen LogP contribution >= 0.6 is 27.7 Å². The number of anilines is 1. The van der Waals surface area contributed by atoms with Crippen molar-refractivity contribution in [2.75, 3.05) is 11.1 Å². The number of halogens is 1. The molecule has 2 aromatic heterocycles. The van der Waals surface area contributed by atoms with Crippen LogP contribution in [0.1, 0.15) is 10.4 Å². The number of primary amides is 1. The normalized spacial score (nSPS) is 10.6. The minimum Gasteiger partial charge on any atom is -0.446 e. The molecular weight excluding hydrogens is 446 g/mol. The Balaban J connectivity index is 1.72. The number of para-hydroxylation sites is 1. The summed E-state index contributed by atoms with van der Waals surface area (Å²) in [7, 11) is 0. The predicted molar refractivity (Wildman–Crippen MR) is 110 cm³/mol. The summed E-state index contributed by atoms with van der Waals surface area (Å²) < 4.78 is 7.92. The molecule has 0 saturated heterocycles. The molecular formula is C18H16BrN5O3S. The Bertz CT molecular complexity index is 1030. The Labute approximate surface area is 173 Å². The molecule has 0 bridgehead atoms. The van der Waals surface area contributed by atoms with Crippen molar-refractivity contribution < 1.29 is 14.0 Å². The van der Waals surface area contributed by atoms with E-state index in [4.69, 9.17) is 10.2 Å². The van der Waals surface area contributed by atoms with Crippen molar-refractivity contribution in [1.82, 2.24) is 14.8 Å². The fraction of sp³-hybridized carbons (Fsp3) is 0.111. The lowest BCUT2D eigenvalue weighted by molar-refractivity contribution is -0.113. The Kier molecular flexibility index (Phi) is 6.32. The minimum absolute atomic E-state index is 0.0736. The maximum Gasteiger partial charge on any atom is 0.250 e. The van der Waals surface area contributed by atoms with E-state index in [0.29, 0.717) is 33.6 Å². The van der Waals surface area contributed by atoms with Crippen LogP contribution < -0.4 is 11.1 Å². The summed E-state index contributed by atoms with van der Waals surface area (Å²) in [5.41, 5.74) is 5.95. The summed E-state index contributed by atoms with van der Waals surface area (Å²) in [6.45, 7) is 4.20. The molecule has 144 valence electrons. The third-order valence-electron chi connectivity index (χ3n) is 3.62. The van der Waals surface area contributed by atoms with Gasteiger partial charge in [0.15, 0.2) is 15.6 Å². The molecule has 10 heteroatoms. The van der Waals surface area contributed by atoms with Crippen LogP contribution in [0, 0.1) is 0 Å². The lowest BCUT2D eigenvalue weighted by atomic mass is 10.1. The second-order valence-corrected chi connectivity index (χ2v) is 7.28. The summed E-state index contributed by atoms with van der Waals surface area (Å²) in [5, 5.41) is 11.5. The number of carbonyl (C=O) groups excluding carboxylic acids is 2. The van der Waals surface area contributed by atoms with Crippen molar-refractivity contribution >= 4 is 45.2 Å². The summed E-state index contributed by atoms with van der Waals surface area (Å²) in [6, 6.07) is 10.1. The van der Waals surface area contributed by atoms with Crippen LogP contribution in [0.2, 0.25) is 0 Å². The van der Waals surface area contributed by atoms with E-state index in [1.807, 2.05) is 0 Å². The largest absolute Gasteiger partial charge is 0.446 e. The molecule has 0 aliphatic heterocycles. The zero-order valence-corrected chi connectivity index (χ0v) is 17.0. The van der Waals surface area contributed by atoms with Gasteiger partial charge in [0.25, 0.3) is 5.91 Å². The molecule has 3 aromatic rings. The molecule has 0 saturated carbocycles. The van der Waals surface area contributed by atoms with Crippen LogP contribution in [-0.2, 0) is 11.3 Å². The maximum atomic E-state index is 12.3. The van der Waals surface area contributed by atoms with E-state index in [0.717, 1.165) is 0 Å². The second-order valence-electron chi connectivity index (χ2n) is 5.56. The van der Waals surface area contributed by atoms with Crippen molar-refractivity contribution in [3.8, 4) is 11.6 Å². The molecule has 0 spiro atoms. The van der Waals surface area contributed by atoms with Crippen molar-refractivity contribution in [3.05, 3.63) is 59.3 Å². The molecule has 2 amide bonds. The van der Waals surface area contributed by atoms with Crippen molar-refractivity contribution in [1.29, 1.82) is 0 Å². The summed E-state index contributed by atoms with van der Waals surface area (Å²) in [6.07, 6.45) is 1.71. The molecule has 0 unspecified atom stereocenters. The standard InChI is InChI=1S/C18H16BrN5O3S/c1-2-9-24-17(13-7-8-14(19)27-13)22-23-18(24)28-10-15(25)21-12-6-4-3-5-11(12)16(20)26/h2-8H,1,9-10H2,(H2,20,26)(H,21,25). The van der Waals surface area contributed by atoms with E-state index in [-0.39, 0.29) is 17.2 Å². The third kappa shape index (κ3) is 4.52. The first kappa shape index (κ1) is 19.9. The Hall–Kier alpha value is -2.85. The molecule has 0 radical (unpaired) electrons. The monoisotopic (exact) mass is 461 g/mol. The quantitative estimate of drug-likeness (QED) is 0.392. The fourth-order valence-electron chi connectivity index (χ4n) is 2.43. The molecule has 8 nitrogen and oxygen atoms in total. The average molecular weight is 462 g/mol. The molecule has 0 fully saturated rings. The fourth-order valence-corrected chi connectivity index (χ4v) is 3.48. The summed E-state index contributed by atoms with van der Waals surface area (Å²) in [4.78, 5) is 23.8. The van der Waals surface area contributed by atoms with E-state index >= 15 is 0 Å². The number of aromatic nitrogens is 3. The first-order chi connectivity index (χ1) is 13.5. The number of thioether (sulfide) groups is 1. The highest BCUT2D eigenvalue weighted by atomic mass is 79.9. The third-order valence-corrected chi connectivity index (χ3v) is 5.01. The highest BCUT2D eigenvalue weighted by Crippen LogP contribution is 2.27. The molecule has 0 aliphatic rings. The number of carbonyl (C=O) groups is 2. The van der Waals surface area contributed by atoms with Crippen LogP contribution in [0.15, 0.2) is 63.3 Å². The van der Waals surface area contributed by atoms with Crippen LogP contribution in [0.25, 0.3) is 11.6 Å². The van der Waals surface area contributed by atoms with Crippen molar-refractivity contribution in [2.24, 2.45) is 5.73 Å². The van der Waals surface area contributed by atoms with Crippen LogP contribution in [-0.4, -0.2) is 32.3 Å². The number of hydrogen-bond acceptors (Lipinski definition) is 6. The number of nitrogens with one attached hydrogen (secondary N) is 1. The molecule has 28 heavy (non-hydrogen) atoms. The van der Waals surface area contributed by atoms with Crippen LogP contribution in [0.4, 0.5) is 5.69 Å². The first-order valence-corrected chi connectivity index (χ1v) is 9.88. The Morgan fingerprint density at radius 3 is 2.75 bits per heavy atom. The van der Waals surface area contributed by atoms with Gasteiger partial charge >= 0.3 is 0 Å². The average Bonchev–Trinajstić information content (AvgIpc) is 3.26. The lowest BCUT2D eigenvalue weighted by Crippen LogP contribution is -2.19. The molecule has 2 heterocycles. The number of benzene rings is 1. The van der Waals surface area contributed by atoms with Gasteiger partial charge in [0.1, 0.15) is 0 Å². The first-order valence-electron chi connectivity index (χ1n) is 8.11.